The van der Waals surface area contributed by atoms with Gasteiger partial charge in [0.15, 0.2) is 5.84 Å². The van der Waals surface area contributed by atoms with Crippen molar-refractivity contribution < 1.29 is 0 Å². The van der Waals surface area contributed by atoms with E-state index in [4.69, 9.17) is 9.98 Å². The highest BCUT2D eigenvalue weighted by atomic mass is 32.1. The highest BCUT2D eigenvalue weighted by Crippen LogP contribution is 2.45. The molecule has 1 atom stereocenters. The van der Waals surface area contributed by atoms with Crippen molar-refractivity contribution in [2.24, 2.45) is 9.98 Å². The quantitative estimate of drug-likeness (QED) is 0.161. The summed E-state index contributed by atoms with van der Waals surface area (Å²) in [6.45, 7) is 0. The molecule has 0 amide bonds. The minimum Gasteiger partial charge on any atom is -0.228 e. The van der Waals surface area contributed by atoms with E-state index < -0.39 is 0 Å². The van der Waals surface area contributed by atoms with Gasteiger partial charge in [0, 0.05) is 42.8 Å². The average molecular weight is 771 g/mol. The van der Waals surface area contributed by atoms with Gasteiger partial charge in [-0.2, -0.15) is 0 Å². The Bertz CT molecular complexity index is 3150. The van der Waals surface area contributed by atoms with E-state index in [-0.39, 0.29) is 0 Å². The van der Waals surface area contributed by atoms with Crippen molar-refractivity contribution >= 4 is 48.8 Å². The summed E-state index contributed by atoms with van der Waals surface area (Å²) in [4.78, 5) is 10.3. The maximum absolute atomic E-state index is 5.21. The fourth-order valence-electron chi connectivity index (χ4n) is 8.72. The van der Waals surface area contributed by atoms with Crippen LogP contribution in [0.2, 0.25) is 0 Å². The first-order valence-electron chi connectivity index (χ1n) is 20.2. The molecule has 59 heavy (non-hydrogen) atoms. The van der Waals surface area contributed by atoms with E-state index >= 15 is 0 Å². The van der Waals surface area contributed by atoms with Gasteiger partial charge < -0.3 is 0 Å². The number of allylic oxidation sites excluding steroid dienone is 3. The predicted octanol–water partition coefficient (Wildman–Crippen LogP) is 14.6. The van der Waals surface area contributed by atoms with Gasteiger partial charge in [-0.15, -0.1) is 11.3 Å². The van der Waals surface area contributed by atoms with Gasteiger partial charge in [-0.05, 0) is 92.9 Å². The van der Waals surface area contributed by atoms with Crippen LogP contribution in [0.4, 0.5) is 0 Å². The summed E-state index contributed by atoms with van der Waals surface area (Å²) in [7, 11) is 0. The van der Waals surface area contributed by atoms with Crippen LogP contribution in [0.15, 0.2) is 222 Å². The van der Waals surface area contributed by atoms with Crippen LogP contribution in [0.25, 0.3) is 59.3 Å². The van der Waals surface area contributed by atoms with Gasteiger partial charge in [-0.3, -0.25) is 0 Å². The number of benzene rings is 8. The molecule has 11 rings (SSSR count). The molecule has 0 N–H and O–H groups in total. The lowest BCUT2D eigenvalue weighted by atomic mass is 9.75. The highest BCUT2D eigenvalue weighted by molar-refractivity contribution is 7.25. The Morgan fingerprint density at radius 2 is 1.08 bits per heavy atom. The van der Waals surface area contributed by atoms with Gasteiger partial charge in [0.2, 0.25) is 0 Å². The maximum atomic E-state index is 5.21. The van der Waals surface area contributed by atoms with Crippen molar-refractivity contribution in [2.45, 2.75) is 12.3 Å². The van der Waals surface area contributed by atoms with Crippen molar-refractivity contribution in [3.8, 4) is 33.4 Å². The summed E-state index contributed by atoms with van der Waals surface area (Å²) in [6, 6.07) is 70.2. The smallest absolute Gasteiger partial charge is 0.160 e. The summed E-state index contributed by atoms with van der Waals surface area (Å²) in [6.07, 6.45) is 7.23. The molecule has 2 nitrogen and oxygen atoms in total. The highest BCUT2D eigenvalue weighted by Gasteiger charge is 2.26. The number of amidine groups is 1. The molecule has 0 radical (unpaired) electrons. The van der Waals surface area contributed by atoms with E-state index in [2.05, 4.69) is 176 Å². The second-order valence-electron chi connectivity index (χ2n) is 15.3. The Hall–Kier alpha value is -7.20. The fraction of sp³-hybridized carbons (Fsp3) is 0.0357. The second-order valence-corrected chi connectivity index (χ2v) is 16.4. The molecule has 0 bridgehead atoms. The number of hydrogen-bond acceptors (Lipinski definition) is 3. The monoisotopic (exact) mass is 770 g/mol. The molecular weight excluding hydrogens is 733 g/mol. The van der Waals surface area contributed by atoms with Gasteiger partial charge in [-0.25, -0.2) is 9.98 Å². The first-order chi connectivity index (χ1) is 29.2. The van der Waals surface area contributed by atoms with Gasteiger partial charge in [0.05, 0.1) is 11.4 Å². The van der Waals surface area contributed by atoms with E-state index in [9.17, 15) is 0 Å². The second kappa shape index (κ2) is 14.9. The van der Waals surface area contributed by atoms with Crippen LogP contribution < -0.4 is 0 Å². The third-order valence-electron chi connectivity index (χ3n) is 11.7. The van der Waals surface area contributed by atoms with Crippen LogP contribution in [0, 0.1) is 0 Å². The molecule has 0 spiro atoms. The number of fused-ring (bicyclic) bond motifs is 6. The van der Waals surface area contributed by atoms with Gasteiger partial charge >= 0.3 is 0 Å². The molecule has 1 unspecified atom stereocenters. The Morgan fingerprint density at radius 3 is 1.88 bits per heavy atom. The van der Waals surface area contributed by atoms with Crippen LogP contribution in [0.1, 0.15) is 39.3 Å². The number of thiophene rings is 1. The van der Waals surface area contributed by atoms with Crippen LogP contribution >= 0.6 is 11.3 Å². The van der Waals surface area contributed by atoms with E-state index in [1.54, 1.807) is 0 Å². The standard InChI is InChI=1S/C56H38N2S/c1-4-13-37(14-5-1)38-23-25-39(26-24-38)49-34-44-28-27-42(33-50(44)47-20-11-10-19-46(47)49)43-29-31-48-51-35-45(30-32-54(51)59-55(48)36-43)53-22-12-21-52(40-15-6-2-7-16-40)57-56(58-53)41-17-8-3-9-18-41/h1-33,35-36,49H,34H2. The summed E-state index contributed by atoms with van der Waals surface area (Å²) in [5.41, 5.74) is 16.7. The van der Waals surface area contributed by atoms with E-state index in [1.165, 1.54) is 70.2 Å². The number of hydrogen-bond donors (Lipinski definition) is 0. The molecule has 0 fully saturated rings. The Morgan fingerprint density at radius 1 is 0.441 bits per heavy atom. The van der Waals surface area contributed by atoms with Gasteiger partial charge in [0.1, 0.15) is 0 Å². The minimum absolute atomic E-state index is 0.318. The van der Waals surface area contributed by atoms with Crippen molar-refractivity contribution in [1.29, 1.82) is 0 Å². The topological polar surface area (TPSA) is 24.7 Å². The largest absolute Gasteiger partial charge is 0.228 e. The molecule has 3 heteroatoms. The number of rotatable bonds is 6. The molecule has 1 aromatic heterocycles. The predicted molar refractivity (Wildman–Crippen MR) is 251 cm³/mol. The van der Waals surface area contributed by atoms with Crippen LogP contribution in [-0.2, 0) is 6.42 Å². The first-order valence-corrected chi connectivity index (χ1v) is 21.0. The van der Waals surface area contributed by atoms with Gasteiger partial charge in [-0.1, -0.05) is 176 Å². The summed E-state index contributed by atoms with van der Waals surface area (Å²) in [5.74, 6) is 1.01. The summed E-state index contributed by atoms with van der Waals surface area (Å²) < 4.78 is 2.55. The number of nitrogens with zero attached hydrogens (tertiary/aromatic N) is 2. The molecule has 8 aromatic carbocycles. The van der Waals surface area contributed by atoms with Crippen LogP contribution in [0.5, 0.6) is 0 Å². The molecule has 1 aliphatic heterocycles. The van der Waals surface area contributed by atoms with Crippen molar-refractivity contribution in [3.63, 3.8) is 0 Å². The van der Waals surface area contributed by atoms with Crippen molar-refractivity contribution in [3.05, 3.63) is 246 Å². The lowest BCUT2D eigenvalue weighted by molar-refractivity contribution is 0.794. The summed E-state index contributed by atoms with van der Waals surface area (Å²) in [5, 5.41) is 2.51. The molecule has 0 saturated heterocycles. The first kappa shape index (κ1) is 35.0. The maximum Gasteiger partial charge on any atom is 0.160 e. The van der Waals surface area contributed by atoms with Crippen LogP contribution in [0.3, 0.4) is 0 Å². The SMILES string of the molecule is C1=CC(c2ccccc2)=NC(c2ccccc2)=NC(c2ccc3sc4cc(-c5ccc6c(c5)-c5ccccc5C(c5ccc(-c7ccccc7)cc5)C6)ccc4c3c2)=C1. The van der Waals surface area contributed by atoms with E-state index in [0.29, 0.717) is 11.8 Å². The normalized spacial score (nSPS) is 14.8. The minimum atomic E-state index is 0.318. The molecule has 0 saturated carbocycles. The van der Waals surface area contributed by atoms with Crippen molar-refractivity contribution in [1.82, 2.24) is 0 Å². The zero-order valence-electron chi connectivity index (χ0n) is 32.3. The Balaban J connectivity index is 0.914. The summed E-state index contributed by atoms with van der Waals surface area (Å²) >= 11 is 1.85. The van der Waals surface area contributed by atoms with E-state index in [0.717, 1.165) is 34.5 Å². The zero-order valence-corrected chi connectivity index (χ0v) is 33.1. The zero-order chi connectivity index (χ0) is 39.1. The van der Waals surface area contributed by atoms with Crippen molar-refractivity contribution in [2.75, 3.05) is 0 Å². The fourth-order valence-corrected chi connectivity index (χ4v) is 9.84. The number of aliphatic imine (C=N–C) groups is 2. The third kappa shape index (κ3) is 6.66. The van der Waals surface area contributed by atoms with Crippen LogP contribution in [-0.4, -0.2) is 11.5 Å². The molecule has 1 aliphatic carbocycles. The Labute approximate surface area is 348 Å². The van der Waals surface area contributed by atoms with Gasteiger partial charge in [0.25, 0.3) is 0 Å². The molecule has 9 aromatic rings. The lowest BCUT2D eigenvalue weighted by Gasteiger charge is -2.29. The molecule has 2 aliphatic rings. The molecular formula is C56H38N2S. The average Bonchev–Trinajstić information content (AvgIpc) is 3.67. The molecule has 278 valence electrons. The lowest BCUT2D eigenvalue weighted by Crippen LogP contribution is -2.12. The third-order valence-corrected chi connectivity index (χ3v) is 12.9. The van der Waals surface area contributed by atoms with E-state index in [1.807, 2.05) is 47.7 Å². The Kier molecular flexibility index (Phi) is 8.87. The molecule has 2 heterocycles.